The number of aromatic nitrogens is 3. The summed E-state index contributed by atoms with van der Waals surface area (Å²) < 4.78 is 8.84. The molecule has 51 heavy (non-hydrogen) atoms. The Hall–Kier alpha value is -6.52. The van der Waals surface area contributed by atoms with Crippen LogP contribution in [0.3, 0.4) is 0 Å². The molecule has 4 heteroatoms. The van der Waals surface area contributed by atoms with Gasteiger partial charge in [0.15, 0.2) is 5.82 Å². The van der Waals surface area contributed by atoms with Gasteiger partial charge in [-0.2, -0.15) is 0 Å². The van der Waals surface area contributed by atoms with Crippen molar-refractivity contribution in [2.45, 2.75) is 19.3 Å². The normalized spacial score (nSPS) is 13.5. The third-order valence-electron chi connectivity index (χ3n) is 11.0. The van der Waals surface area contributed by atoms with E-state index in [2.05, 4.69) is 152 Å². The summed E-state index contributed by atoms with van der Waals surface area (Å²) in [6.45, 7) is 4.72. The van der Waals surface area contributed by atoms with Crippen LogP contribution in [-0.4, -0.2) is 14.5 Å². The maximum Gasteiger partial charge on any atom is 0.160 e. The summed E-state index contributed by atoms with van der Waals surface area (Å²) in [6, 6.07) is 53.8. The van der Waals surface area contributed by atoms with Crippen molar-refractivity contribution in [1.82, 2.24) is 14.5 Å². The molecule has 0 saturated heterocycles. The van der Waals surface area contributed by atoms with Crippen LogP contribution in [0.25, 0.3) is 94.1 Å². The number of furan rings is 1. The van der Waals surface area contributed by atoms with Gasteiger partial charge in [0.2, 0.25) is 0 Å². The molecule has 0 N–H and O–H groups in total. The molecule has 11 rings (SSSR count). The Kier molecular flexibility index (Phi) is 5.70. The lowest BCUT2D eigenvalue weighted by Crippen LogP contribution is -2.16. The van der Waals surface area contributed by atoms with Gasteiger partial charge in [0.1, 0.15) is 11.2 Å². The second kappa shape index (κ2) is 10.3. The van der Waals surface area contributed by atoms with Gasteiger partial charge in [0.25, 0.3) is 0 Å². The molecule has 7 aromatic carbocycles. The first-order valence-electron chi connectivity index (χ1n) is 17.5. The van der Waals surface area contributed by atoms with Crippen LogP contribution in [0.1, 0.15) is 25.0 Å². The summed E-state index contributed by atoms with van der Waals surface area (Å²) in [5.74, 6) is 0.718. The molecule has 1 aliphatic rings. The number of nitrogens with zero attached hydrogens (tertiary/aromatic N) is 3. The van der Waals surface area contributed by atoms with Crippen molar-refractivity contribution in [1.29, 1.82) is 0 Å². The van der Waals surface area contributed by atoms with Crippen LogP contribution in [0.15, 0.2) is 156 Å². The van der Waals surface area contributed by atoms with Crippen molar-refractivity contribution in [3.05, 3.63) is 163 Å². The van der Waals surface area contributed by atoms with Crippen molar-refractivity contribution >= 4 is 54.6 Å². The van der Waals surface area contributed by atoms with Crippen molar-refractivity contribution in [2.24, 2.45) is 0 Å². The van der Waals surface area contributed by atoms with Crippen molar-refractivity contribution in [3.8, 4) is 39.5 Å². The fourth-order valence-corrected chi connectivity index (χ4v) is 8.61. The van der Waals surface area contributed by atoms with E-state index in [1.54, 1.807) is 0 Å². The summed E-state index contributed by atoms with van der Waals surface area (Å²) >= 11 is 0. The van der Waals surface area contributed by atoms with Gasteiger partial charge in [-0.1, -0.05) is 111 Å². The summed E-state index contributed by atoms with van der Waals surface area (Å²) in [5.41, 5.74) is 14.3. The van der Waals surface area contributed by atoms with Crippen LogP contribution in [-0.2, 0) is 5.41 Å². The third kappa shape index (κ3) is 3.96. The van der Waals surface area contributed by atoms with E-state index in [1.807, 2.05) is 18.2 Å². The highest BCUT2D eigenvalue weighted by Crippen LogP contribution is 2.54. The fourth-order valence-electron chi connectivity index (χ4n) is 8.61. The first-order chi connectivity index (χ1) is 25.0. The van der Waals surface area contributed by atoms with E-state index in [4.69, 9.17) is 14.4 Å². The zero-order valence-electron chi connectivity index (χ0n) is 28.2. The molecule has 0 saturated carbocycles. The number of hydrogen-bond acceptors (Lipinski definition) is 3. The van der Waals surface area contributed by atoms with E-state index in [0.29, 0.717) is 0 Å². The van der Waals surface area contributed by atoms with E-state index in [9.17, 15) is 0 Å². The standard InChI is InChI=1S/C47H31N3O/c1-47(2)38-27-42-37(32-15-8-11-19-41(32)51-42)26-36(38)33-24-25-34-31-14-7-10-18-40(31)50(45(34)43(33)47)30-22-20-29(21-23-30)46-48-39-17-9-6-16-35(39)44(49-46)28-12-4-3-5-13-28/h3-27H,1-2H3. The first-order valence-corrected chi connectivity index (χ1v) is 17.5. The third-order valence-corrected chi connectivity index (χ3v) is 11.0. The molecule has 0 amide bonds. The summed E-state index contributed by atoms with van der Waals surface area (Å²) in [6.07, 6.45) is 0. The highest BCUT2D eigenvalue weighted by molar-refractivity contribution is 6.14. The van der Waals surface area contributed by atoms with Gasteiger partial charge in [-0.15, -0.1) is 0 Å². The molecule has 3 heterocycles. The second-order valence-corrected chi connectivity index (χ2v) is 14.2. The second-order valence-electron chi connectivity index (χ2n) is 14.2. The molecule has 0 spiro atoms. The van der Waals surface area contributed by atoms with Crippen LogP contribution in [0.5, 0.6) is 0 Å². The SMILES string of the molecule is CC1(C)c2cc3oc4ccccc4c3cc2-c2ccc3c4ccccc4n(-c4ccc(-c5nc(-c6ccccc6)c6ccccc6n5)cc4)c3c21. The lowest BCUT2D eigenvalue weighted by molar-refractivity contribution is 0.649. The predicted octanol–water partition coefficient (Wildman–Crippen LogP) is 12.3. The Balaban J connectivity index is 1.12. The monoisotopic (exact) mass is 653 g/mol. The number of benzene rings is 7. The largest absolute Gasteiger partial charge is 0.456 e. The Bertz CT molecular complexity index is 3040. The van der Waals surface area contributed by atoms with Gasteiger partial charge in [-0.05, 0) is 76.9 Å². The molecule has 0 radical (unpaired) electrons. The molecule has 0 fully saturated rings. The Morgan fingerprint density at radius 3 is 2.10 bits per heavy atom. The molecule has 3 aromatic heterocycles. The van der Waals surface area contributed by atoms with Gasteiger partial charge in [0.05, 0.1) is 22.2 Å². The maximum atomic E-state index is 6.39. The zero-order valence-corrected chi connectivity index (χ0v) is 28.2. The van der Waals surface area contributed by atoms with E-state index in [0.717, 1.165) is 61.2 Å². The molecule has 0 aliphatic heterocycles. The van der Waals surface area contributed by atoms with Gasteiger partial charge in [-0.3, -0.25) is 0 Å². The van der Waals surface area contributed by atoms with Crippen LogP contribution >= 0.6 is 0 Å². The first kappa shape index (κ1) is 28.3. The smallest absolute Gasteiger partial charge is 0.160 e. The van der Waals surface area contributed by atoms with Crippen LogP contribution < -0.4 is 0 Å². The van der Waals surface area contributed by atoms with Crippen molar-refractivity contribution in [2.75, 3.05) is 0 Å². The molecule has 1 aliphatic carbocycles. The van der Waals surface area contributed by atoms with Crippen LogP contribution in [0.4, 0.5) is 0 Å². The minimum Gasteiger partial charge on any atom is -0.456 e. The highest BCUT2D eigenvalue weighted by Gasteiger charge is 2.39. The van der Waals surface area contributed by atoms with Crippen molar-refractivity contribution < 1.29 is 4.42 Å². The molecule has 10 aromatic rings. The van der Waals surface area contributed by atoms with Crippen LogP contribution in [0, 0.1) is 0 Å². The lowest BCUT2D eigenvalue weighted by Gasteiger charge is -2.23. The molecule has 4 nitrogen and oxygen atoms in total. The molecule has 0 bridgehead atoms. The topological polar surface area (TPSA) is 43.9 Å². The van der Waals surface area contributed by atoms with Crippen LogP contribution in [0.2, 0.25) is 0 Å². The average molecular weight is 654 g/mol. The predicted molar refractivity (Wildman–Crippen MR) is 210 cm³/mol. The number of fused-ring (bicyclic) bond motifs is 11. The number of rotatable bonds is 3. The van der Waals surface area contributed by atoms with E-state index in [-0.39, 0.29) is 5.41 Å². The van der Waals surface area contributed by atoms with Gasteiger partial charge < -0.3 is 8.98 Å². The Labute approximate surface area is 294 Å². The Morgan fingerprint density at radius 2 is 1.25 bits per heavy atom. The molecule has 240 valence electrons. The lowest BCUT2D eigenvalue weighted by atomic mass is 9.81. The summed E-state index contributed by atoms with van der Waals surface area (Å²) in [5, 5.41) is 5.87. The van der Waals surface area contributed by atoms with E-state index in [1.165, 1.54) is 44.1 Å². The number of para-hydroxylation sites is 3. The Morgan fingerprint density at radius 1 is 0.529 bits per heavy atom. The minimum absolute atomic E-state index is 0.254. The zero-order chi connectivity index (χ0) is 33.8. The fraction of sp³-hybridized carbons (Fsp3) is 0.0638. The molecule has 0 atom stereocenters. The molecule has 0 unspecified atom stereocenters. The molecular formula is C47H31N3O. The van der Waals surface area contributed by atoms with Crippen molar-refractivity contribution in [3.63, 3.8) is 0 Å². The van der Waals surface area contributed by atoms with Gasteiger partial charge >= 0.3 is 0 Å². The number of hydrogen-bond donors (Lipinski definition) is 0. The minimum atomic E-state index is -0.254. The van der Waals surface area contributed by atoms with Gasteiger partial charge in [-0.25, -0.2) is 9.97 Å². The maximum absolute atomic E-state index is 6.39. The van der Waals surface area contributed by atoms with E-state index >= 15 is 0 Å². The summed E-state index contributed by atoms with van der Waals surface area (Å²) in [7, 11) is 0. The van der Waals surface area contributed by atoms with E-state index < -0.39 is 0 Å². The average Bonchev–Trinajstić information content (AvgIpc) is 3.79. The highest BCUT2D eigenvalue weighted by atomic mass is 16.3. The summed E-state index contributed by atoms with van der Waals surface area (Å²) in [4.78, 5) is 10.2. The van der Waals surface area contributed by atoms with Gasteiger partial charge in [0, 0.05) is 49.2 Å². The molecular weight excluding hydrogens is 623 g/mol. The quantitative estimate of drug-likeness (QED) is 0.191.